The van der Waals surface area contributed by atoms with Crippen molar-refractivity contribution < 1.29 is 4.74 Å². The van der Waals surface area contributed by atoms with Gasteiger partial charge in [-0.25, -0.2) is 0 Å². The van der Waals surface area contributed by atoms with Crippen molar-refractivity contribution in [2.45, 2.75) is 71.6 Å². The van der Waals surface area contributed by atoms with Gasteiger partial charge in [-0.3, -0.25) is 0 Å². The van der Waals surface area contributed by atoms with E-state index in [1.165, 1.54) is 51.4 Å². The standard InChI is InChI=1S/C24H38O/c1-3-5-20-25-21-24(17-8-6-9-18-24)19-10-7-12-23-15-13-22(11-4-2)14-16-23/h3-6,8-9,11,17,22-23H,7,10,12-16,18-21H2,1-2H3. The Kier molecular flexibility index (Phi) is 9.32. The predicted octanol–water partition coefficient (Wildman–Crippen LogP) is 7.02. The molecule has 2 aliphatic rings. The van der Waals surface area contributed by atoms with Gasteiger partial charge in [0.05, 0.1) is 13.2 Å². The number of ether oxygens (including phenoxy) is 1. The second kappa shape index (κ2) is 11.5. The molecular formula is C24H38O. The summed E-state index contributed by atoms with van der Waals surface area (Å²) in [6, 6.07) is 0. The molecule has 0 bridgehead atoms. The van der Waals surface area contributed by atoms with Crippen LogP contribution in [0.15, 0.2) is 48.6 Å². The summed E-state index contributed by atoms with van der Waals surface area (Å²) in [4.78, 5) is 0. The first kappa shape index (κ1) is 20.2. The van der Waals surface area contributed by atoms with Gasteiger partial charge in [0.1, 0.15) is 0 Å². The van der Waals surface area contributed by atoms with Crippen molar-refractivity contribution in [2.75, 3.05) is 13.2 Å². The molecule has 0 spiro atoms. The van der Waals surface area contributed by atoms with Crippen molar-refractivity contribution in [3.63, 3.8) is 0 Å². The van der Waals surface area contributed by atoms with Gasteiger partial charge < -0.3 is 4.74 Å². The summed E-state index contributed by atoms with van der Waals surface area (Å²) < 4.78 is 5.92. The van der Waals surface area contributed by atoms with Crippen LogP contribution in [-0.4, -0.2) is 13.2 Å². The summed E-state index contributed by atoms with van der Waals surface area (Å²) in [6.45, 7) is 5.80. The summed E-state index contributed by atoms with van der Waals surface area (Å²) >= 11 is 0. The van der Waals surface area contributed by atoms with Crippen LogP contribution >= 0.6 is 0 Å². The van der Waals surface area contributed by atoms with E-state index in [-0.39, 0.29) is 5.41 Å². The lowest BCUT2D eigenvalue weighted by atomic mass is 9.76. The number of hydrogen-bond donors (Lipinski definition) is 0. The van der Waals surface area contributed by atoms with Crippen molar-refractivity contribution in [1.29, 1.82) is 0 Å². The van der Waals surface area contributed by atoms with Crippen LogP contribution in [0.4, 0.5) is 0 Å². The molecule has 0 N–H and O–H groups in total. The molecule has 0 aromatic carbocycles. The van der Waals surface area contributed by atoms with Crippen LogP contribution in [0.25, 0.3) is 0 Å². The zero-order chi connectivity index (χ0) is 17.8. The first-order valence-corrected chi connectivity index (χ1v) is 10.4. The Morgan fingerprint density at radius 2 is 1.88 bits per heavy atom. The fourth-order valence-electron chi connectivity index (χ4n) is 4.35. The number of allylic oxidation sites excluding steroid dienone is 6. The molecular weight excluding hydrogens is 304 g/mol. The molecule has 1 nitrogen and oxygen atoms in total. The second-order valence-corrected chi connectivity index (χ2v) is 7.99. The molecule has 1 atom stereocenters. The molecule has 25 heavy (non-hydrogen) atoms. The first-order valence-electron chi connectivity index (χ1n) is 10.4. The van der Waals surface area contributed by atoms with Gasteiger partial charge in [-0.15, -0.1) is 0 Å². The maximum Gasteiger partial charge on any atom is 0.0647 e. The van der Waals surface area contributed by atoms with E-state index in [1.54, 1.807) is 0 Å². The molecule has 1 fully saturated rings. The fraction of sp³-hybridized carbons (Fsp3) is 0.667. The van der Waals surface area contributed by atoms with E-state index in [4.69, 9.17) is 4.74 Å². The highest BCUT2D eigenvalue weighted by atomic mass is 16.5. The van der Waals surface area contributed by atoms with Gasteiger partial charge in [-0.2, -0.15) is 0 Å². The predicted molar refractivity (Wildman–Crippen MR) is 110 cm³/mol. The van der Waals surface area contributed by atoms with Crippen molar-refractivity contribution in [1.82, 2.24) is 0 Å². The van der Waals surface area contributed by atoms with Crippen molar-refractivity contribution in [3.8, 4) is 0 Å². The Bertz CT molecular complexity index is 462. The highest BCUT2D eigenvalue weighted by Gasteiger charge is 2.27. The first-order chi connectivity index (χ1) is 12.3. The molecule has 0 aliphatic heterocycles. The molecule has 0 heterocycles. The number of hydrogen-bond acceptors (Lipinski definition) is 1. The van der Waals surface area contributed by atoms with Crippen molar-refractivity contribution >= 4 is 0 Å². The second-order valence-electron chi connectivity index (χ2n) is 7.99. The Morgan fingerprint density at radius 1 is 1.04 bits per heavy atom. The van der Waals surface area contributed by atoms with E-state index in [2.05, 4.69) is 55.5 Å². The highest BCUT2D eigenvalue weighted by Crippen LogP contribution is 2.36. The van der Waals surface area contributed by atoms with Gasteiger partial charge in [-0.1, -0.05) is 67.9 Å². The molecule has 140 valence electrons. The van der Waals surface area contributed by atoms with Crippen LogP contribution in [0.3, 0.4) is 0 Å². The van der Waals surface area contributed by atoms with Crippen LogP contribution in [-0.2, 0) is 4.74 Å². The van der Waals surface area contributed by atoms with Gasteiger partial charge in [-0.05, 0) is 64.2 Å². The molecule has 0 saturated heterocycles. The SMILES string of the molecule is CC=CCOCC1(CCCCC2CCC(C=CC)CC2)C=CC=CC1. The van der Waals surface area contributed by atoms with E-state index in [0.717, 1.165) is 31.5 Å². The Morgan fingerprint density at radius 3 is 2.56 bits per heavy atom. The maximum absolute atomic E-state index is 5.92. The van der Waals surface area contributed by atoms with E-state index < -0.39 is 0 Å². The molecule has 0 aromatic heterocycles. The average Bonchev–Trinajstić information content (AvgIpc) is 2.65. The minimum atomic E-state index is 0.236. The lowest BCUT2D eigenvalue weighted by molar-refractivity contribution is 0.0802. The Labute approximate surface area is 155 Å². The van der Waals surface area contributed by atoms with Crippen LogP contribution in [0, 0.1) is 17.3 Å². The molecule has 2 rings (SSSR count). The minimum absolute atomic E-state index is 0.236. The minimum Gasteiger partial charge on any atom is -0.376 e. The van der Waals surface area contributed by atoms with E-state index >= 15 is 0 Å². The molecule has 1 saturated carbocycles. The summed E-state index contributed by atoms with van der Waals surface area (Å²) in [5.74, 6) is 1.84. The normalized spacial score (nSPS) is 29.8. The smallest absolute Gasteiger partial charge is 0.0647 e. The fourth-order valence-corrected chi connectivity index (χ4v) is 4.35. The monoisotopic (exact) mass is 342 g/mol. The van der Waals surface area contributed by atoms with Gasteiger partial charge in [0.15, 0.2) is 0 Å². The molecule has 2 aliphatic carbocycles. The molecule has 0 aromatic rings. The Balaban J connectivity index is 1.67. The maximum atomic E-state index is 5.92. The third-order valence-electron chi connectivity index (χ3n) is 5.95. The molecule has 1 heteroatoms. The zero-order valence-electron chi connectivity index (χ0n) is 16.5. The van der Waals surface area contributed by atoms with E-state index in [9.17, 15) is 0 Å². The van der Waals surface area contributed by atoms with Crippen LogP contribution < -0.4 is 0 Å². The summed E-state index contributed by atoms with van der Waals surface area (Å²) in [6.07, 6.45) is 30.1. The lowest BCUT2D eigenvalue weighted by Gasteiger charge is -2.31. The number of rotatable bonds is 10. The van der Waals surface area contributed by atoms with Gasteiger partial charge in [0, 0.05) is 5.41 Å². The third kappa shape index (κ3) is 7.36. The molecule has 0 amide bonds. The van der Waals surface area contributed by atoms with Crippen LogP contribution in [0.5, 0.6) is 0 Å². The van der Waals surface area contributed by atoms with Crippen LogP contribution in [0.2, 0.25) is 0 Å². The topological polar surface area (TPSA) is 9.23 Å². The quantitative estimate of drug-likeness (QED) is 0.306. The molecule has 1 unspecified atom stereocenters. The summed E-state index contributed by atoms with van der Waals surface area (Å²) in [7, 11) is 0. The van der Waals surface area contributed by atoms with Gasteiger partial charge >= 0.3 is 0 Å². The largest absolute Gasteiger partial charge is 0.376 e. The molecule has 0 radical (unpaired) electrons. The number of unbranched alkanes of at least 4 members (excludes halogenated alkanes) is 1. The van der Waals surface area contributed by atoms with E-state index in [1.807, 2.05) is 6.92 Å². The van der Waals surface area contributed by atoms with Gasteiger partial charge in [0.2, 0.25) is 0 Å². The zero-order valence-corrected chi connectivity index (χ0v) is 16.5. The van der Waals surface area contributed by atoms with Crippen LogP contribution in [0.1, 0.15) is 71.6 Å². The van der Waals surface area contributed by atoms with Crippen molar-refractivity contribution in [3.05, 3.63) is 48.6 Å². The van der Waals surface area contributed by atoms with Gasteiger partial charge in [0.25, 0.3) is 0 Å². The van der Waals surface area contributed by atoms with E-state index in [0.29, 0.717) is 0 Å². The summed E-state index contributed by atoms with van der Waals surface area (Å²) in [5.41, 5.74) is 0.236. The highest BCUT2D eigenvalue weighted by molar-refractivity contribution is 5.16. The van der Waals surface area contributed by atoms with Crippen molar-refractivity contribution in [2.24, 2.45) is 17.3 Å². The average molecular weight is 343 g/mol. The summed E-state index contributed by atoms with van der Waals surface area (Å²) in [5, 5.41) is 0. The Hall–Kier alpha value is -1.08. The lowest BCUT2D eigenvalue weighted by Crippen LogP contribution is -2.25. The third-order valence-corrected chi connectivity index (χ3v) is 5.95.